The van der Waals surface area contributed by atoms with Crippen molar-refractivity contribution in [2.24, 2.45) is 0 Å². The lowest BCUT2D eigenvalue weighted by Gasteiger charge is -2.20. The van der Waals surface area contributed by atoms with Crippen LogP contribution in [0, 0.1) is 0 Å². The van der Waals surface area contributed by atoms with E-state index in [0.29, 0.717) is 0 Å². The number of imidazole rings is 1. The van der Waals surface area contributed by atoms with Crippen molar-refractivity contribution < 1.29 is 9.15 Å². The Morgan fingerprint density at radius 1 is 1.05 bits per heavy atom. The van der Waals surface area contributed by atoms with Crippen LogP contribution in [0.3, 0.4) is 0 Å². The van der Waals surface area contributed by atoms with E-state index in [2.05, 4.69) is 9.97 Å². The van der Waals surface area contributed by atoms with Gasteiger partial charge in [0.05, 0.1) is 12.0 Å². The van der Waals surface area contributed by atoms with Gasteiger partial charge in [-0.25, -0.2) is 4.98 Å². The first-order valence-electron chi connectivity index (χ1n) is 7.72. The van der Waals surface area contributed by atoms with Crippen LogP contribution in [0.2, 0.25) is 0 Å². The van der Waals surface area contributed by atoms with E-state index >= 15 is 0 Å². The first-order chi connectivity index (χ1) is 10.9. The van der Waals surface area contributed by atoms with E-state index in [1.165, 1.54) is 6.42 Å². The smallest absolute Gasteiger partial charge is 0.152 e. The lowest BCUT2D eigenvalue weighted by Crippen LogP contribution is -2.10. The van der Waals surface area contributed by atoms with E-state index in [9.17, 15) is 0 Å². The number of aromatic nitrogens is 2. The van der Waals surface area contributed by atoms with Gasteiger partial charge >= 0.3 is 0 Å². The van der Waals surface area contributed by atoms with Crippen molar-refractivity contribution in [3.05, 3.63) is 54.6 Å². The van der Waals surface area contributed by atoms with Gasteiger partial charge < -0.3 is 14.1 Å². The van der Waals surface area contributed by atoms with Crippen LogP contribution >= 0.6 is 0 Å². The first-order valence-corrected chi connectivity index (χ1v) is 7.72. The molecule has 1 saturated heterocycles. The van der Waals surface area contributed by atoms with E-state index in [1.54, 1.807) is 6.33 Å². The minimum Gasteiger partial charge on any atom is -0.457 e. The Labute approximate surface area is 129 Å². The number of H-pyrrole nitrogens is 1. The van der Waals surface area contributed by atoms with Gasteiger partial charge in [-0.2, -0.15) is 0 Å². The highest BCUT2D eigenvalue weighted by Crippen LogP contribution is 2.34. The Morgan fingerprint density at radius 2 is 1.95 bits per heavy atom. The van der Waals surface area contributed by atoms with Gasteiger partial charge in [0.25, 0.3) is 0 Å². The van der Waals surface area contributed by atoms with Crippen LogP contribution in [0.15, 0.2) is 53.2 Å². The van der Waals surface area contributed by atoms with E-state index in [0.717, 1.165) is 47.9 Å². The average Bonchev–Trinajstić information content (AvgIpc) is 3.25. The van der Waals surface area contributed by atoms with Crippen LogP contribution in [-0.4, -0.2) is 16.6 Å². The summed E-state index contributed by atoms with van der Waals surface area (Å²) >= 11 is 0. The number of benzene rings is 1. The number of nitrogens with zero attached hydrogens (tertiary/aromatic N) is 1. The highest BCUT2D eigenvalue weighted by atomic mass is 16.5. The molecule has 0 radical (unpaired) electrons. The molecule has 0 amide bonds. The highest BCUT2D eigenvalue weighted by molar-refractivity contribution is 5.75. The minimum atomic E-state index is 0.0885. The number of hydrogen-bond donors (Lipinski definition) is 1. The molecule has 112 valence electrons. The molecule has 0 bridgehead atoms. The second kappa shape index (κ2) is 5.81. The van der Waals surface area contributed by atoms with E-state index < -0.39 is 0 Å². The molecule has 1 fully saturated rings. The molecular weight excluding hydrogens is 276 g/mol. The van der Waals surface area contributed by atoms with Crippen molar-refractivity contribution in [2.45, 2.75) is 25.4 Å². The second-order valence-electron chi connectivity index (χ2n) is 5.55. The quantitative estimate of drug-likeness (QED) is 0.769. The average molecular weight is 294 g/mol. The summed E-state index contributed by atoms with van der Waals surface area (Å²) in [5, 5.41) is 0. The van der Waals surface area contributed by atoms with Crippen LogP contribution in [0.1, 0.15) is 31.1 Å². The fourth-order valence-electron chi connectivity index (χ4n) is 2.92. The molecular formula is C18H18N2O2. The maximum absolute atomic E-state index is 6.03. The summed E-state index contributed by atoms with van der Waals surface area (Å²) in [6.07, 6.45) is 5.16. The summed E-state index contributed by atoms with van der Waals surface area (Å²) in [6.45, 7) is 0.819. The molecule has 1 aliphatic heterocycles. The summed E-state index contributed by atoms with van der Waals surface area (Å²) in [7, 11) is 0. The topological polar surface area (TPSA) is 51.0 Å². The third-order valence-electron chi connectivity index (χ3n) is 4.06. The monoisotopic (exact) mass is 294 g/mol. The lowest BCUT2D eigenvalue weighted by molar-refractivity contribution is 0.00221. The molecule has 2 aromatic heterocycles. The molecule has 22 heavy (non-hydrogen) atoms. The van der Waals surface area contributed by atoms with Crippen LogP contribution in [0.25, 0.3) is 22.7 Å². The van der Waals surface area contributed by atoms with Crippen LogP contribution in [0.4, 0.5) is 0 Å². The standard InChI is InChI=1S/C18H18N2O2/c1-2-6-13(7-3-1)17-18(20-12-19-17)16-10-9-15(22-16)14-8-4-5-11-21-14/h1-3,6-7,9-10,12,14H,4-5,8,11H2,(H,19,20). The van der Waals surface area contributed by atoms with Crippen molar-refractivity contribution in [2.75, 3.05) is 6.61 Å². The largest absolute Gasteiger partial charge is 0.457 e. The van der Waals surface area contributed by atoms with Gasteiger partial charge in [-0.15, -0.1) is 0 Å². The van der Waals surface area contributed by atoms with Gasteiger partial charge in [-0.05, 0) is 31.4 Å². The van der Waals surface area contributed by atoms with Crippen molar-refractivity contribution in [3.63, 3.8) is 0 Å². The maximum Gasteiger partial charge on any atom is 0.152 e. The number of furan rings is 1. The third kappa shape index (κ3) is 2.46. The third-order valence-corrected chi connectivity index (χ3v) is 4.06. The van der Waals surface area contributed by atoms with Crippen molar-refractivity contribution in [3.8, 4) is 22.7 Å². The zero-order valence-electron chi connectivity index (χ0n) is 12.3. The molecule has 1 aliphatic rings. The fraction of sp³-hybridized carbons (Fsp3) is 0.278. The molecule has 3 aromatic rings. The Morgan fingerprint density at radius 3 is 2.77 bits per heavy atom. The molecule has 1 atom stereocenters. The molecule has 1 aromatic carbocycles. The number of aromatic amines is 1. The lowest BCUT2D eigenvalue weighted by atomic mass is 10.1. The van der Waals surface area contributed by atoms with Gasteiger partial charge in [-0.1, -0.05) is 30.3 Å². The van der Waals surface area contributed by atoms with Gasteiger partial charge in [-0.3, -0.25) is 0 Å². The normalized spacial score (nSPS) is 18.5. The number of rotatable bonds is 3. The van der Waals surface area contributed by atoms with E-state index in [4.69, 9.17) is 9.15 Å². The fourth-order valence-corrected chi connectivity index (χ4v) is 2.92. The van der Waals surface area contributed by atoms with Crippen molar-refractivity contribution in [1.82, 2.24) is 9.97 Å². The Hall–Kier alpha value is -2.33. The Bertz CT molecular complexity index is 739. The molecule has 0 spiro atoms. The van der Waals surface area contributed by atoms with E-state index in [-0.39, 0.29) is 6.10 Å². The van der Waals surface area contributed by atoms with Gasteiger partial charge in [0.2, 0.25) is 0 Å². The maximum atomic E-state index is 6.03. The summed E-state index contributed by atoms with van der Waals surface area (Å²) < 4.78 is 11.8. The summed E-state index contributed by atoms with van der Waals surface area (Å²) in [6, 6.07) is 14.1. The summed E-state index contributed by atoms with van der Waals surface area (Å²) in [5.74, 6) is 1.71. The molecule has 1 N–H and O–H groups in total. The summed E-state index contributed by atoms with van der Waals surface area (Å²) in [5.41, 5.74) is 2.89. The van der Waals surface area contributed by atoms with Crippen LogP contribution in [-0.2, 0) is 4.74 Å². The molecule has 3 heterocycles. The first kappa shape index (κ1) is 13.3. The van der Waals surface area contributed by atoms with Crippen LogP contribution < -0.4 is 0 Å². The van der Waals surface area contributed by atoms with Gasteiger partial charge in [0.15, 0.2) is 5.76 Å². The molecule has 4 heteroatoms. The predicted octanol–water partition coefficient (Wildman–Crippen LogP) is 4.58. The predicted molar refractivity (Wildman–Crippen MR) is 84.3 cm³/mol. The highest BCUT2D eigenvalue weighted by Gasteiger charge is 2.21. The van der Waals surface area contributed by atoms with Crippen molar-refractivity contribution in [1.29, 1.82) is 0 Å². The zero-order chi connectivity index (χ0) is 14.8. The molecule has 1 unspecified atom stereocenters. The van der Waals surface area contributed by atoms with E-state index in [1.807, 2.05) is 42.5 Å². The van der Waals surface area contributed by atoms with Gasteiger partial charge in [0, 0.05) is 12.2 Å². The Balaban J connectivity index is 1.66. The summed E-state index contributed by atoms with van der Waals surface area (Å²) in [4.78, 5) is 7.63. The van der Waals surface area contributed by atoms with Crippen LogP contribution in [0.5, 0.6) is 0 Å². The number of ether oxygens (including phenoxy) is 1. The molecule has 4 rings (SSSR count). The van der Waals surface area contributed by atoms with Gasteiger partial charge in [0.1, 0.15) is 17.6 Å². The number of hydrogen-bond acceptors (Lipinski definition) is 3. The number of nitrogens with one attached hydrogen (secondary N) is 1. The molecule has 0 saturated carbocycles. The zero-order valence-corrected chi connectivity index (χ0v) is 12.3. The Kier molecular flexibility index (Phi) is 3.52. The molecule has 4 nitrogen and oxygen atoms in total. The van der Waals surface area contributed by atoms with Crippen molar-refractivity contribution >= 4 is 0 Å². The second-order valence-corrected chi connectivity index (χ2v) is 5.55. The SMILES string of the molecule is c1ccc(-c2nc[nH]c2-c2ccc(C3CCCCO3)o2)cc1. The molecule has 0 aliphatic carbocycles. The minimum absolute atomic E-state index is 0.0885.